The number of furan rings is 1. The van der Waals surface area contributed by atoms with Crippen molar-refractivity contribution in [1.29, 1.82) is 0 Å². The molecular weight excluding hydrogens is 389 g/mol. The molecule has 3 heterocycles. The molecule has 7 nitrogen and oxygen atoms in total. The van der Waals surface area contributed by atoms with Crippen molar-refractivity contribution in [3.8, 4) is 22.8 Å². The minimum Gasteiger partial charge on any atom is -0.459 e. The molecule has 0 radical (unpaired) electrons. The van der Waals surface area contributed by atoms with Gasteiger partial charge in [-0.05, 0) is 30.3 Å². The van der Waals surface area contributed by atoms with Gasteiger partial charge in [0.2, 0.25) is 5.82 Å². The highest BCUT2D eigenvalue weighted by molar-refractivity contribution is 6.02. The fourth-order valence-electron chi connectivity index (χ4n) is 2.51. The van der Waals surface area contributed by atoms with Gasteiger partial charge in [-0.1, -0.05) is 17.3 Å². The largest absolute Gasteiger partial charge is 0.459 e. The van der Waals surface area contributed by atoms with Crippen molar-refractivity contribution in [2.75, 3.05) is 5.32 Å². The molecule has 0 bridgehead atoms. The normalized spacial score (nSPS) is 11.4. The number of carbonyl (C=O) groups excluding carboxylic acids is 1. The third-order valence-electron chi connectivity index (χ3n) is 3.86. The summed E-state index contributed by atoms with van der Waals surface area (Å²) in [5.41, 5.74) is 0.0754. The Morgan fingerprint density at radius 2 is 1.90 bits per heavy atom. The summed E-state index contributed by atoms with van der Waals surface area (Å²) >= 11 is 0. The van der Waals surface area contributed by atoms with E-state index in [0.717, 1.165) is 6.07 Å². The summed E-state index contributed by atoms with van der Waals surface area (Å²) in [5, 5.41) is 6.46. The fourth-order valence-corrected chi connectivity index (χ4v) is 2.51. The van der Waals surface area contributed by atoms with Crippen molar-refractivity contribution >= 4 is 11.6 Å². The highest BCUT2D eigenvalue weighted by Crippen LogP contribution is 2.31. The molecule has 0 fully saturated rings. The van der Waals surface area contributed by atoms with Crippen molar-refractivity contribution in [2.45, 2.75) is 6.18 Å². The van der Waals surface area contributed by atoms with E-state index >= 15 is 0 Å². The van der Waals surface area contributed by atoms with Crippen LogP contribution in [0.3, 0.4) is 0 Å². The van der Waals surface area contributed by atoms with Crippen LogP contribution in [0, 0.1) is 0 Å². The van der Waals surface area contributed by atoms with Gasteiger partial charge < -0.3 is 14.3 Å². The first-order valence-electron chi connectivity index (χ1n) is 8.22. The number of hydrogen-bond acceptors (Lipinski definition) is 6. The van der Waals surface area contributed by atoms with Gasteiger partial charge in [0.05, 0.1) is 17.4 Å². The monoisotopic (exact) mass is 400 g/mol. The molecule has 0 aliphatic heterocycles. The lowest BCUT2D eigenvalue weighted by Gasteiger charge is -2.05. The third-order valence-corrected chi connectivity index (χ3v) is 3.86. The van der Waals surface area contributed by atoms with E-state index in [4.69, 9.17) is 8.94 Å². The average Bonchev–Trinajstić information content (AvgIpc) is 3.40. The molecule has 4 aromatic rings. The second-order valence-corrected chi connectivity index (χ2v) is 5.90. The molecule has 0 spiro atoms. The zero-order chi connectivity index (χ0) is 20.4. The Kier molecular flexibility index (Phi) is 4.59. The molecule has 0 saturated carbocycles. The quantitative estimate of drug-likeness (QED) is 0.535. The summed E-state index contributed by atoms with van der Waals surface area (Å²) in [6.07, 6.45) is -1.24. The maximum Gasteiger partial charge on any atom is 0.417 e. The van der Waals surface area contributed by atoms with Gasteiger partial charge in [-0.2, -0.15) is 18.2 Å². The molecule has 0 unspecified atom stereocenters. The molecule has 0 aliphatic rings. The van der Waals surface area contributed by atoms with E-state index in [-0.39, 0.29) is 23.0 Å². The van der Waals surface area contributed by atoms with Gasteiger partial charge in [-0.25, -0.2) is 0 Å². The second-order valence-electron chi connectivity index (χ2n) is 5.90. The predicted molar refractivity (Wildman–Crippen MR) is 94.6 cm³/mol. The van der Waals surface area contributed by atoms with Gasteiger partial charge in [-0.15, -0.1) is 0 Å². The van der Waals surface area contributed by atoms with Gasteiger partial charge in [-0.3, -0.25) is 9.78 Å². The number of alkyl halides is 3. The maximum absolute atomic E-state index is 12.9. The van der Waals surface area contributed by atoms with Crippen LogP contribution in [0.4, 0.5) is 18.9 Å². The zero-order valence-corrected chi connectivity index (χ0v) is 14.5. The number of aromatic nitrogens is 3. The summed E-state index contributed by atoms with van der Waals surface area (Å²) in [5.74, 6) is -0.250. The molecule has 0 atom stereocenters. The highest BCUT2D eigenvalue weighted by Gasteiger charge is 2.31. The van der Waals surface area contributed by atoms with Crippen molar-refractivity contribution < 1.29 is 26.9 Å². The Morgan fingerprint density at radius 1 is 1.03 bits per heavy atom. The lowest BCUT2D eigenvalue weighted by molar-refractivity contribution is -0.137. The SMILES string of the molecule is O=C(Nc1cccc(-c2noc(-c3cncc(C(F)(F)F)c3)n2)c1)c1ccco1. The van der Waals surface area contributed by atoms with Crippen LogP contribution in [0.1, 0.15) is 16.1 Å². The minimum absolute atomic E-state index is 0.0425. The smallest absolute Gasteiger partial charge is 0.417 e. The number of pyridine rings is 1. The van der Waals surface area contributed by atoms with Gasteiger partial charge in [0, 0.05) is 23.6 Å². The second kappa shape index (κ2) is 7.23. The minimum atomic E-state index is -4.54. The number of nitrogens with one attached hydrogen (secondary N) is 1. The molecule has 1 amide bonds. The number of benzene rings is 1. The summed E-state index contributed by atoms with van der Waals surface area (Å²) in [7, 11) is 0. The third kappa shape index (κ3) is 4.00. The number of nitrogens with zero attached hydrogens (tertiary/aromatic N) is 3. The van der Waals surface area contributed by atoms with E-state index in [1.807, 2.05) is 0 Å². The van der Waals surface area contributed by atoms with Crippen molar-refractivity contribution in [2.24, 2.45) is 0 Å². The molecular formula is C19H11F3N4O3. The first-order chi connectivity index (χ1) is 13.9. The topological polar surface area (TPSA) is 94.1 Å². The zero-order valence-electron chi connectivity index (χ0n) is 14.5. The van der Waals surface area contributed by atoms with Crippen LogP contribution in [0.2, 0.25) is 0 Å². The molecule has 29 heavy (non-hydrogen) atoms. The van der Waals surface area contributed by atoms with Crippen LogP contribution in [-0.2, 0) is 6.18 Å². The molecule has 0 aliphatic carbocycles. The number of carbonyl (C=O) groups is 1. The van der Waals surface area contributed by atoms with Crippen molar-refractivity contribution in [1.82, 2.24) is 15.1 Å². The van der Waals surface area contributed by atoms with E-state index < -0.39 is 17.6 Å². The van der Waals surface area contributed by atoms with E-state index in [1.165, 1.54) is 18.5 Å². The van der Waals surface area contributed by atoms with Crippen LogP contribution in [0.5, 0.6) is 0 Å². The number of rotatable bonds is 4. The molecule has 3 aromatic heterocycles. The Morgan fingerprint density at radius 3 is 2.66 bits per heavy atom. The van der Waals surface area contributed by atoms with Gasteiger partial charge in [0.1, 0.15) is 0 Å². The maximum atomic E-state index is 12.9. The van der Waals surface area contributed by atoms with E-state index in [2.05, 4.69) is 20.4 Å². The molecule has 4 rings (SSSR count). The lowest BCUT2D eigenvalue weighted by atomic mass is 10.2. The van der Waals surface area contributed by atoms with Gasteiger partial charge in [0.15, 0.2) is 5.76 Å². The Hall–Kier alpha value is -3.95. The predicted octanol–water partition coefficient (Wildman–Crippen LogP) is 4.66. The lowest BCUT2D eigenvalue weighted by Crippen LogP contribution is -2.10. The van der Waals surface area contributed by atoms with E-state index in [1.54, 1.807) is 30.3 Å². The standard InChI is InChI=1S/C19H11F3N4O3/c20-19(21,22)13-7-12(9-23-10-13)18-25-16(26-29-18)11-3-1-4-14(8-11)24-17(27)15-5-2-6-28-15/h1-10H,(H,24,27). The Labute approximate surface area is 161 Å². The van der Waals surface area contributed by atoms with Crippen LogP contribution in [0.25, 0.3) is 22.8 Å². The van der Waals surface area contributed by atoms with Crippen LogP contribution in [-0.4, -0.2) is 21.0 Å². The molecule has 146 valence electrons. The average molecular weight is 400 g/mol. The molecule has 1 aromatic carbocycles. The molecule has 10 heteroatoms. The van der Waals surface area contributed by atoms with Gasteiger partial charge >= 0.3 is 6.18 Å². The number of hydrogen-bond donors (Lipinski definition) is 1. The first kappa shape index (κ1) is 18.4. The van der Waals surface area contributed by atoms with Crippen LogP contribution < -0.4 is 5.32 Å². The summed E-state index contributed by atoms with van der Waals surface area (Å²) in [4.78, 5) is 19.8. The summed E-state index contributed by atoms with van der Waals surface area (Å²) in [6.45, 7) is 0. The highest BCUT2D eigenvalue weighted by atomic mass is 19.4. The Bertz CT molecular complexity index is 1150. The fraction of sp³-hybridized carbons (Fsp3) is 0.0526. The number of halogens is 3. The first-order valence-corrected chi connectivity index (χ1v) is 8.22. The molecule has 1 N–H and O–H groups in total. The van der Waals surface area contributed by atoms with Crippen LogP contribution in [0.15, 0.2) is 70.1 Å². The molecule has 0 saturated heterocycles. The van der Waals surface area contributed by atoms with E-state index in [0.29, 0.717) is 17.4 Å². The number of anilines is 1. The van der Waals surface area contributed by atoms with Crippen molar-refractivity contribution in [3.63, 3.8) is 0 Å². The van der Waals surface area contributed by atoms with Crippen molar-refractivity contribution in [3.05, 3.63) is 72.4 Å². The Balaban J connectivity index is 1.58. The van der Waals surface area contributed by atoms with Crippen LogP contribution >= 0.6 is 0 Å². The number of amides is 1. The summed E-state index contributed by atoms with van der Waals surface area (Å²) in [6, 6.07) is 10.6. The summed E-state index contributed by atoms with van der Waals surface area (Å²) < 4.78 is 48.7. The van der Waals surface area contributed by atoms with E-state index in [9.17, 15) is 18.0 Å². The van der Waals surface area contributed by atoms with Gasteiger partial charge in [0.25, 0.3) is 11.8 Å².